The van der Waals surface area contributed by atoms with Gasteiger partial charge in [-0.2, -0.15) is 8.78 Å². The smallest absolute Gasteiger partial charge is 0.306 e. The molecule has 1 aromatic rings. The van der Waals surface area contributed by atoms with E-state index in [4.69, 9.17) is 5.11 Å². The topological polar surface area (TPSA) is 57.6 Å². The number of alkyl halides is 2. The van der Waals surface area contributed by atoms with Gasteiger partial charge < -0.3 is 10.0 Å². The second-order valence-corrected chi connectivity index (χ2v) is 5.81. The fraction of sp³-hybridized carbons (Fsp3) is 0.429. The molecule has 1 aliphatic rings. The second kappa shape index (κ2) is 6.89. The first-order chi connectivity index (χ1) is 9.99. The summed E-state index contributed by atoms with van der Waals surface area (Å²) in [6.45, 7) is 0.674. The van der Waals surface area contributed by atoms with Gasteiger partial charge in [0.25, 0.3) is 11.7 Å². The molecule has 1 saturated heterocycles. The minimum atomic E-state index is -2.59. The second-order valence-electron chi connectivity index (χ2n) is 4.78. The summed E-state index contributed by atoms with van der Waals surface area (Å²) in [6, 6.07) is 6.26. The maximum Gasteiger partial charge on any atom is 0.306 e. The molecule has 1 amide bonds. The van der Waals surface area contributed by atoms with Crippen LogP contribution in [0.4, 0.5) is 8.78 Å². The van der Waals surface area contributed by atoms with Crippen LogP contribution in [0.2, 0.25) is 0 Å². The van der Waals surface area contributed by atoms with Crippen LogP contribution in [0.3, 0.4) is 0 Å². The molecular formula is C14H15F2NO3S. The number of hydrogen-bond acceptors (Lipinski definition) is 3. The van der Waals surface area contributed by atoms with Crippen molar-refractivity contribution in [3.05, 3.63) is 29.8 Å². The zero-order chi connectivity index (χ0) is 15.4. The molecule has 0 bridgehead atoms. The van der Waals surface area contributed by atoms with Crippen LogP contribution in [0.25, 0.3) is 0 Å². The molecule has 0 aromatic heterocycles. The Morgan fingerprint density at radius 3 is 2.43 bits per heavy atom. The number of piperidine rings is 1. The van der Waals surface area contributed by atoms with E-state index >= 15 is 0 Å². The highest BCUT2D eigenvalue weighted by atomic mass is 32.2. The van der Waals surface area contributed by atoms with Gasteiger partial charge in [-0.1, -0.05) is 23.9 Å². The number of carboxylic acid groups (broad SMARTS) is 1. The van der Waals surface area contributed by atoms with Gasteiger partial charge in [-0.3, -0.25) is 9.59 Å². The summed E-state index contributed by atoms with van der Waals surface area (Å²) in [6.07, 6.45) is 0.788. The number of likely N-dealkylation sites (tertiary alicyclic amines) is 1. The summed E-state index contributed by atoms with van der Waals surface area (Å²) in [5, 5.41) is 8.93. The van der Waals surface area contributed by atoms with Gasteiger partial charge in [0.15, 0.2) is 0 Å². The molecule has 114 valence electrons. The molecule has 1 N–H and O–H groups in total. The number of thioether (sulfide) groups is 1. The number of carboxylic acids is 1. The van der Waals surface area contributed by atoms with Crippen LogP contribution in [0.1, 0.15) is 23.2 Å². The Labute approximate surface area is 125 Å². The van der Waals surface area contributed by atoms with Crippen molar-refractivity contribution in [2.24, 2.45) is 5.92 Å². The maximum absolute atomic E-state index is 12.5. The first-order valence-corrected chi connectivity index (χ1v) is 7.43. The van der Waals surface area contributed by atoms with Gasteiger partial charge in [-0.15, -0.1) is 0 Å². The summed E-state index contributed by atoms with van der Waals surface area (Å²) in [5.41, 5.74) is 0.247. The normalized spacial score (nSPS) is 16.2. The van der Waals surface area contributed by atoms with Crippen molar-refractivity contribution in [2.45, 2.75) is 23.5 Å². The van der Waals surface area contributed by atoms with Gasteiger partial charge in [0.05, 0.1) is 11.5 Å². The van der Waals surface area contributed by atoms with Gasteiger partial charge in [-0.05, 0) is 25.0 Å². The van der Waals surface area contributed by atoms with Crippen LogP contribution in [-0.4, -0.2) is 40.7 Å². The maximum atomic E-state index is 12.5. The number of carbonyl (C=O) groups is 2. The van der Waals surface area contributed by atoms with Gasteiger partial charge in [0.1, 0.15) is 0 Å². The molecule has 0 aliphatic carbocycles. The van der Waals surface area contributed by atoms with Crippen molar-refractivity contribution in [2.75, 3.05) is 13.1 Å². The number of halogens is 2. The van der Waals surface area contributed by atoms with Crippen LogP contribution in [0, 0.1) is 5.92 Å². The zero-order valence-corrected chi connectivity index (χ0v) is 12.0. The van der Waals surface area contributed by atoms with Gasteiger partial charge >= 0.3 is 5.97 Å². The standard InChI is InChI=1S/C14H15F2NO3S/c15-14(16)21-11-4-2-1-3-10(11)12(18)17-7-5-9(6-8-17)13(19)20/h1-4,9,14H,5-8H2,(H,19,20). The zero-order valence-electron chi connectivity index (χ0n) is 11.2. The Morgan fingerprint density at radius 1 is 1.24 bits per heavy atom. The summed E-state index contributed by atoms with van der Waals surface area (Å²) in [4.78, 5) is 25.1. The van der Waals surface area contributed by atoms with E-state index in [1.54, 1.807) is 12.1 Å². The van der Waals surface area contributed by atoms with E-state index in [0.717, 1.165) is 0 Å². The molecule has 0 saturated carbocycles. The predicted molar refractivity (Wildman–Crippen MR) is 74.6 cm³/mol. The predicted octanol–water partition coefficient (Wildman–Crippen LogP) is 2.94. The van der Waals surface area contributed by atoms with E-state index < -0.39 is 17.6 Å². The molecule has 1 aliphatic heterocycles. The lowest BCUT2D eigenvalue weighted by Gasteiger charge is -2.30. The molecule has 0 radical (unpaired) electrons. The first-order valence-electron chi connectivity index (χ1n) is 6.55. The van der Waals surface area contributed by atoms with Crippen molar-refractivity contribution in [3.8, 4) is 0 Å². The van der Waals surface area contributed by atoms with E-state index in [0.29, 0.717) is 37.7 Å². The molecular weight excluding hydrogens is 300 g/mol. The van der Waals surface area contributed by atoms with Gasteiger partial charge in [0.2, 0.25) is 0 Å². The Bertz CT molecular complexity index is 531. The number of nitrogens with zero attached hydrogens (tertiary/aromatic N) is 1. The van der Waals surface area contributed by atoms with Gasteiger partial charge in [-0.25, -0.2) is 0 Å². The van der Waals surface area contributed by atoms with E-state index in [1.165, 1.54) is 17.0 Å². The van der Waals surface area contributed by atoms with E-state index in [1.807, 2.05) is 0 Å². The minimum Gasteiger partial charge on any atom is -0.481 e. The molecule has 0 atom stereocenters. The molecule has 1 heterocycles. The molecule has 0 unspecified atom stereocenters. The van der Waals surface area contributed by atoms with Crippen LogP contribution in [0.15, 0.2) is 29.2 Å². The lowest BCUT2D eigenvalue weighted by atomic mass is 9.96. The third kappa shape index (κ3) is 3.93. The summed E-state index contributed by atoms with van der Waals surface area (Å²) >= 11 is 0.348. The minimum absolute atomic E-state index is 0.247. The summed E-state index contributed by atoms with van der Waals surface area (Å²) in [7, 11) is 0. The lowest BCUT2D eigenvalue weighted by Crippen LogP contribution is -2.40. The van der Waals surface area contributed by atoms with Crippen molar-refractivity contribution < 1.29 is 23.5 Å². The quantitative estimate of drug-likeness (QED) is 0.868. The fourth-order valence-corrected chi connectivity index (χ4v) is 2.97. The van der Waals surface area contributed by atoms with Crippen LogP contribution < -0.4 is 0 Å². The number of benzene rings is 1. The van der Waals surface area contributed by atoms with E-state index in [-0.39, 0.29) is 16.4 Å². The van der Waals surface area contributed by atoms with Crippen LogP contribution >= 0.6 is 11.8 Å². The molecule has 1 aromatic carbocycles. The van der Waals surface area contributed by atoms with Crippen molar-refractivity contribution >= 4 is 23.6 Å². The van der Waals surface area contributed by atoms with Crippen molar-refractivity contribution in [1.82, 2.24) is 4.90 Å². The average Bonchev–Trinajstić information content (AvgIpc) is 2.46. The van der Waals surface area contributed by atoms with Crippen molar-refractivity contribution in [3.63, 3.8) is 0 Å². The molecule has 4 nitrogen and oxygen atoms in total. The van der Waals surface area contributed by atoms with E-state index in [2.05, 4.69) is 0 Å². The highest BCUT2D eigenvalue weighted by Gasteiger charge is 2.28. The van der Waals surface area contributed by atoms with Crippen LogP contribution in [0.5, 0.6) is 0 Å². The highest BCUT2D eigenvalue weighted by Crippen LogP contribution is 2.30. The average molecular weight is 315 g/mol. The third-order valence-electron chi connectivity index (χ3n) is 3.46. The highest BCUT2D eigenvalue weighted by molar-refractivity contribution is 7.99. The Morgan fingerprint density at radius 2 is 1.86 bits per heavy atom. The number of hydrogen-bond donors (Lipinski definition) is 1. The van der Waals surface area contributed by atoms with Crippen molar-refractivity contribution in [1.29, 1.82) is 0 Å². The summed E-state index contributed by atoms with van der Waals surface area (Å²) in [5.74, 6) is -4.19. The molecule has 0 spiro atoms. The number of aliphatic carboxylic acids is 1. The molecule has 21 heavy (non-hydrogen) atoms. The molecule has 7 heteroatoms. The Balaban J connectivity index is 2.09. The number of rotatable bonds is 4. The monoisotopic (exact) mass is 315 g/mol. The summed E-state index contributed by atoms with van der Waals surface area (Å²) < 4.78 is 25.0. The Hall–Kier alpha value is -1.63. The molecule has 1 fully saturated rings. The number of carbonyl (C=O) groups excluding carboxylic acids is 1. The lowest BCUT2D eigenvalue weighted by molar-refractivity contribution is -0.143. The van der Waals surface area contributed by atoms with E-state index in [9.17, 15) is 18.4 Å². The fourth-order valence-electron chi connectivity index (χ4n) is 2.34. The molecule has 2 rings (SSSR count). The first kappa shape index (κ1) is 15.8. The SMILES string of the molecule is O=C(O)C1CCN(C(=O)c2ccccc2SC(F)F)CC1. The number of amides is 1. The largest absolute Gasteiger partial charge is 0.481 e. The van der Waals surface area contributed by atoms with Gasteiger partial charge in [0, 0.05) is 18.0 Å². The third-order valence-corrected chi connectivity index (χ3v) is 4.25. The Kier molecular flexibility index (Phi) is 5.17. The van der Waals surface area contributed by atoms with Crippen LogP contribution in [-0.2, 0) is 4.79 Å².